The van der Waals surface area contributed by atoms with Crippen LogP contribution in [0.5, 0.6) is 0 Å². The zero-order chi connectivity index (χ0) is 14.4. The highest BCUT2D eigenvalue weighted by Crippen LogP contribution is 2.22. The van der Waals surface area contributed by atoms with Gasteiger partial charge in [-0.15, -0.1) is 22.7 Å². The first-order valence-electron chi connectivity index (χ1n) is 6.22. The number of ketones is 1. The summed E-state index contributed by atoms with van der Waals surface area (Å²) in [5.41, 5.74) is 0. The van der Waals surface area contributed by atoms with Gasteiger partial charge in [0.2, 0.25) is 11.7 Å². The summed E-state index contributed by atoms with van der Waals surface area (Å²) in [6.07, 6.45) is 0. The van der Waals surface area contributed by atoms with Crippen molar-refractivity contribution in [2.24, 2.45) is 0 Å². The van der Waals surface area contributed by atoms with Crippen molar-refractivity contribution in [2.75, 3.05) is 13.2 Å². The van der Waals surface area contributed by atoms with E-state index < -0.39 is 0 Å². The molecule has 0 unspecified atom stereocenters. The molecule has 2 aromatic heterocycles. The third kappa shape index (κ3) is 4.00. The van der Waals surface area contributed by atoms with Crippen molar-refractivity contribution in [1.29, 1.82) is 0 Å². The highest BCUT2D eigenvalue weighted by molar-refractivity contribution is 7.16. The lowest BCUT2D eigenvalue weighted by Crippen LogP contribution is -2.26. The van der Waals surface area contributed by atoms with E-state index in [1.165, 1.54) is 22.7 Å². The molecule has 2 heterocycles. The molecule has 1 N–H and O–H groups in total. The number of hydrogen-bond acceptors (Lipinski definition) is 5. The number of thiophene rings is 2. The third-order valence-corrected chi connectivity index (χ3v) is 4.48. The van der Waals surface area contributed by atoms with Crippen molar-refractivity contribution in [3.05, 3.63) is 44.3 Å². The lowest BCUT2D eigenvalue weighted by Gasteiger charge is -2.03. The average molecular weight is 309 g/mol. The molecule has 0 aliphatic heterocycles. The van der Waals surface area contributed by atoms with E-state index in [2.05, 4.69) is 5.32 Å². The van der Waals surface area contributed by atoms with Gasteiger partial charge in [0, 0.05) is 11.5 Å². The summed E-state index contributed by atoms with van der Waals surface area (Å²) in [6.45, 7) is 2.86. The fraction of sp³-hybridized carbons (Fsp3) is 0.286. The Labute approximate surface area is 125 Å². The molecular weight excluding hydrogens is 294 g/mol. The van der Waals surface area contributed by atoms with E-state index in [-0.39, 0.29) is 18.3 Å². The molecular formula is C14H15NO3S2. The maximum atomic E-state index is 12.1. The Bertz CT molecular complexity index is 575. The number of ether oxygens (including phenoxy) is 1. The highest BCUT2D eigenvalue weighted by Gasteiger charge is 2.13. The molecule has 0 radical (unpaired) electrons. The van der Waals surface area contributed by atoms with Crippen LogP contribution < -0.4 is 5.32 Å². The summed E-state index contributed by atoms with van der Waals surface area (Å²) in [6, 6.07) is 7.35. The molecule has 2 aromatic rings. The molecule has 0 saturated heterocycles. The first-order valence-corrected chi connectivity index (χ1v) is 7.91. The lowest BCUT2D eigenvalue weighted by atomic mass is 10.3. The van der Waals surface area contributed by atoms with Gasteiger partial charge in [-0.2, -0.15) is 0 Å². The van der Waals surface area contributed by atoms with Gasteiger partial charge in [0.25, 0.3) is 0 Å². The maximum Gasteiger partial charge on any atom is 0.246 e. The van der Waals surface area contributed by atoms with Gasteiger partial charge in [-0.05, 0) is 30.5 Å². The number of rotatable bonds is 7. The van der Waals surface area contributed by atoms with Gasteiger partial charge in [0.1, 0.15) is 6.61 Å². The molecule has 2 rings (SSSR count). The van der Waals surface area contributed by atoms with Gasteiger partial charge in [-0.1, -0.05) is 6.07 Å². The Kier molecular flexibility index (Phi) is 5.46. The van der Waals surface area contributed by atoms with Gasteiger partial charge < -0.3 is 10.1 Å². The quantitative estimate of drug-likeness (QED) is 0.800. The first-order chi connectivity index (χ1) is 9.70. The zero-order valence-electron chi connectivity index (χ0n) is 11.0. The van der Waals surface area contributed by atoms with Crippen LogP contribution in [0.4, 0.5) is 0 Å². The monoisotopic (exact) mass is 309 g/mol. The van der Waals surface area contributed by atoms with Crippen LogP contribution in [0.25, 0.3) is 0 Å². The molecule has 0 aliphatic carbocycles. The molecule has 0 saturated carbocycles. The first kappa shape index (κ1) is 14.9. The summed E-state index contributed by atoms with van der Waals surface area (Å²) >= 11 is 2.84. The second-order valence-electron chi connectivity index (χ2n) is 3.99. The predicted molar refractivity (Wildman–Crippen MR) is 80.4 cm³/mol. The molecule has 0 bridgehead atoms. The lowest BCUT2D eigenvalue weighted by molar-refractivity contribution is -0.125. The summed E-state index contributed by atoms with van der Waals surface area (Å²) in [5.74, 6) is -0.108. The highest BCUT2D eigenvalue weighted by atomic mass is 32.1. The Morgan fingerprint density at radius 3 is 2.80 bits per heavy atom. The van der Waals surface area contributed by atoms with E-state index >= 15 is 0 Å². The third-order valence-electron chi connectivity index (χ3n) is 2.53. The van der Waals surface area contributed by atoms with Crippen LogP contribution in [-0.4, -0.2) is 24.9 Å². The molecule has 0 aliphatic rings. The minimum Gasteiger partial charge on any atom is -0.372 e. The van der Waals surface area contributed by atoms with Gasteiger partial charge in [-0.25, -0.2) is 0 Å². The Balaban J connectivity index is 1.89. The molecule has 6 heteroatoms. The topological polar surface area (TPSA) is 55.4 Å². The van der Waals surface area contributed by atoms with Crippen molar-refractivity contribution >= 4 is 34.4 Å². The van der Waals surface area contributed by atoms with Crippen LogP contribution in [-0.2, 0) is 16.1 Å². The van der Waals surface area contributed by atoms with Crippen LogP contribution in [0.1, 0.15) is 26.3 Å². The van der Waals surface area contributed by atoms with Crippen LogP contribution >= 0.6 is 22.7 Å². The Morgan fingerprint density at radius 2 is 2.10 bits per heavy atom. The van der Waals surface area contributed by atoms with Crippen LogP contribution in [0, 0.1) is 0 Å². The summed E-state index contributed by atoms with van der Waals surface area (Å²) in [5, 5.41) is 4.64. The van der Waals surface area contributed by atoms with Gasteiger partial charge in [0.05, 0.1) is 16.3 Å². The fourth-order valence-electron chi connectivity index (χ4n) is 1.56. The predicted octanol–water partition coefficient (Wildman–Crippen LogP) is 2.69. The normalized spacial score (nSPS) is 10.4. The number of nitrogens with one attached hydrogen (secondary N) is 1. The van der Waals surface area contributed by atoms with Crippen LogP contribution in [0.2, 0.25) is 0 Å². The maximum absolute atomic E-state index is 12.1. The van der Waals surface area contributed by atoms with Crippen molar-refractivity contribution < 1.29 is 14.3 Å². The second-order valence-corrected chi connectivity index (χ2v) is 6.10. The smallest absolute Gasteiger partial charge is 0.246 e. The van der Waals surface area contributed by atoms with E-state index in [1.54, 1.807) is 6.07 Å². The number of hydrogen-bond donors (Lipinski definition) is 1. The van der Waals surface area contributed by atoms with Crippen molar-refractivity contribution in [3.63, 3.8) is 0 Å². The van der Waals surface area contributed by atoms with E-state index in [0.29, 0.717) is 18.0 Å². The fourth-order valence-corrected chi connectivity index (χ4v) is 3.20. The number of carbonyl (C=O) groups excluding carboxylic acids is 2. The number of carbonyl (C=O) groups is 2. The zero-order valence-corrected chi connectivity index (χ0v) is 12.7. The van der Waals surface area contributed by atoms with Crippen LogP contribution in [0.15, 0.2) is 29.6 Å². The van der Waals surface area contributed by atoms with Gasteiger partial charge in [-0.3, -0.25) is 9.59 Å². The SMILES string of the molecule is CCOCC(=O)NCc1ccc(C(=O)c2cccs2)s1. The summed E-state index contributed by atoms with van der Waals surface area (Å²) < 4.78 is 5.01. The minimum absolute atomic E-state index is 0.0388. The van der Waals surface area contributed by atoms with Crippen molar-refractivity contribution in [1.82, 2.24) is 5.32 Å². The summed E-state index contributed by atoms with van der Waals surface area (Å²) in [4.78, 5) is 25.9. The molecule has 1 amide bonds. The van der Waals surface area contributed by atoms with E-state index in [9.17, 15) is 9.59 Å². The van der Waals surface area contributed by atoms with Crippen molar-refractivity contribution in [2.45, 2.75) is 13.5 Å². The molecule has 106 valence electrons. The molecule has 20 heavy (non-hydrogen) atoms. The molecule has 0 spiro atoms. The molecule has 0 fully saturated rings. The van der Waals surface area contributed by atoms with E-state index in [0.717, 1.165) is 9.75 Å². The molecule has 0 atom stereocenters. The van der Waals surface area contributed by atoms with Gasteiger partial charge in [0.15, 0.2) is 0 Å². The standard InChI is InChI=1S/C14H15NO3S2/c1-2-18-9-13(16)15-8-10-5-6-12(20-10)14(17)11-4-3-7-19-11/h3-7H,2,8-9H2,1H3,(H,15,16). The number of amides is 1. The minimum atomic E-state index is -0.147. The van der Waals surface area contributed by atoms with E-state index in [1.807, 2.05) is 30.5 Å². The second kappa shape index (κ2) is 7.33. The molecule has 0 aromatic carbocycles. The van der Waals surface area contributed by atoms with E-state index in [4.69, 9.17) is 4.74 Å². The van der Waals surface area contributed by atoms with Crippen LogP contribution in [0.3, 0.4) is 0 Å². The summed E-state index contributed by atoms with van der Waals surface area (Å²) in [7, 11) is 0. The molecule has 4 nitrogen and oxygen atoms in total. The largest absolute Gasteiger partial charge is 0.372 e. The average Bonchev–Trinajstić information content (AvgIpc) is 3.12. The van der Waals surface area contributed by atoms with Crippen molar-refractivity contribution in [3.8, 4) is 0 Å². The van der Waals surface area contributed by atoms with Gasteiger partial charge >= 0.3 is 0 Å². The Morgan fingerprint density at radius 1 is 1.25 bits per heavy atom. The Hall–Kier alpha value is -1.50.